The lowest BCUT2D eigenvalue weighted by atomic mass is 10.2. The number of hydrogen-bond donors (Lipinski definition) is 1. The Kier molecular flexibility index (Phi) is 4.02. The van der Waals surface area contributed by atoms with Crippen LogP contribution in [0.1, 0.15) is 6.42 Å². The van der Waals surface area contributed by atoms with Gasteiger partial charge in [0.25, 0.3) is 0 Å². The van der Waals surface area contributed by atoms with Crippen molar-refractivity contribution in [2.75, 3.05) is 24.6 Å². The van der Waals surface area contributed by atoms with Crippen LogP contribution in [0.3, 0.4) is 0 Å². The highest BCUT2D eigenvalue weighted by molar-refractivity contribution is 9.10. The van der Waals surface area contributed by atoms with E-state index in [-0.39, 0.29) is 12.5 Å². The number of carbonyl (C=O) groups is 1. The topological polar surface area (TPSA) is 49.8 Å². The Hall–Kier alpha value is -1.07. The Labute approximate surface area is 108 Å². The molecule has 4 nitrogen and oxygen atoms in total. The molecule has 17 heavy (non-hydrogen) atoms. The molecule has 1 aromatic rings. The number of aliphatic carboxylic acids is 1. The van der Waals surface area contributed by atoms with Crippen LogP contribution in [0.2, 0.25) is 0 Å². The Bertz CT molecular complexity index is 410. The number of ether oxygens (including phenoxy) is 1. The van der Waals surface area contributed by atoms with Gasteiger partial charge in [0, 0.05) is 17.6 Å². The molecule has 2 rings (SSSR count). The number of carboxylic acids is 1. The smallest absolute Gasteiger partial charge is 0.306 e. The van der Waals surface area contributed by atoms with E-state index in [0.717, 1.165) is 16.7 Å². The maximum Gasteiger partial charge on any atom is 0.306 e. The zero-order valence-corrected chi connectivity index (χ0v) is 10.9. The van der Waals surface area contributed by atoms with Gasteiger partial charge >= 0.3 is 5.97 Å². The van der Waals surface area contributed by atoms with E-state index in [1.165, 1.54) is 0 Å². The molecule has 0 aliphatic carbocycles. The third kappa shape index (κ3) is 3.20. The lowest BCUT2D eigenvalue weighted by molar-refractivity contribution is -0.140. The monoisotopic (exact) mass is 299 g/mol. The van der Waals surface area contributed by atoms with E-state index in [9.17, 15) is 4.79 Å². The van der Waals surface area contributed by atoms with Crippen molar-refractivity contribution in [3.63, 3.8) is 0 Å². The second-order valence-corrected chi connectivity index (χ2v) is 4.84. The molecule has 1 atom stereocenters. The molecule has 0 spiro atoms. The minimum absolute atomic E-state index is 0.0565. The van der Waals surface area contributed by atoms with Crippen LogP contribution in [0, 0.1) is 0 Å². The summed E-state index contributed by atoms with van der Waals surface area (Å²) in [5, 5.41) is 8.77. The molecule has 0 saturated carbocycles. The standard InChI is InChI=1S/C12H14BrNO3/c13-10-3-1-2-4-11(10)14-5-6-17-9(8-14)7-12(15)16/h1-4,9H,5-8H2,(H,15,16). The van der Waals surface area contributed by atoms with Crippen LogP contribution >= 0.6 is 15.9 Å². The van der Waals surface area contributed by atoms with Crippen LogP contribution in [0.5, 0.6) is 0 Å². The maximum absolute atomic E-state index is 10.7. The van der Waals surface area contributed by atoms with Gasteiger partial charge in [-0.15, -0.1) is 0 Å². The predicted molar refractivity (Wildman–Crippen MR) is 68.3 cm³/mol. The van der Waals surface area contributed by atoms with Crippen molar-refractivity contribution in [2.45, 2.75) is 12.5 Å². The Balaban J connectivity index is 2.07. The number of anilines is 1. The van der Waals surface area contributed by atoms with Gasteiger partial charge in [-0.3, -0.25) is 4.79 Å². The zero-order chi connectivity index (χ0) is 12.3. The van der Waals surface area contributed by atoms with Gasteiger partial charge in [-0.05, 0) is 28.1 Å². The van der Waals surface area contributed by atoms with E-state index in [0.29, 0.717) is 13.2 Å². The number of morpholine rings is 1. The second kappa shape index (κ2) is 5.51. The van der Waals surface area contributed by atoms with Gasteiger partial charge in [-0.2, -0.15) is 0 Å². The first-order valence-corrected chi connectivity index (χ1v) is 6.29. The van der Waals surface area contributed by atoms with E-state index >= 15 is 0 Å². The number of rotatable bonds is 3. The summed E-state index contributed by atoms with van der Waals surface area (Å²) in [6, 6.07) is 7.94. The fraction of sp³-hybridized carbons (Fsp3) is 0.417. The number of halogens is 1. The Morgan fingerprint density at radius 2 is 2.29 bits per heavy atom. The van der Waals surface area contributed by atoms with Crippen LogP contribution in [0.4, 0.5) is 5.69 Å². The highest BCUT2D eigenvalue weighted by Gasteiger charge is 2.23. The van der Waals surface area contributed by atoms with E-state index in [4.69, 9.17) is 9.84 Å². The molecule has 0 radical (unpaired) electrons. The summed E-state index contributed by atoms with van der Waals surface area (Å²) in [5.74, 6) is -0.816. The number of nitrogens with zero attached hydrogens (tertiary/aromatic N) is 1. The highest BCUT2D eigenvalue weighted by Crippen LogP contribution is 2.27. The summed E-state index contributed by atoms with van der Waals surface area (Å²) in [6.07, 6.45) is -0.172. The normalized spacial score (nSPS) is 20.3. The first-order valence-electron chi connectivity index (χ1n) is 5.49. The molecular formula is C12H14BrNO3. The van der Waals surface area contributed by atoms with Crippen molar-refractivity contribution < 1.29 is 14.6 Å². The van der Waals surface area contributed by atoms with Crippen molar-refractivity contribution >= 4 is 27.6 Å². The number of benzene rings is 1. The molecule has 5 heteroatoms. The average Bonchev–Trinajstić information content (AvgIpc) is 2.29. The maximum atomic E-state index is 10.7. The lowest BCUT2D eigenvalue weighted by Crippen LogP contribution is -2.43. The molecule has 1 aliphatic heterocycles. The minimum atomic E-state index is -0.816. The SMILES string of the molecule is O=C(O)CC1CN(c2ccccc2Br)CCO1. The third-order valence-electron chi connectivity index (χ3n) is 2.73. The van der Waals surface area contributed by atoms with Crippen molar-refractivity contribution in [3.05, 3.63) is 28.7 Å². The van der Waals surface area contributed by atoms with Crippen LogP contribution in [-0.2, 0) is 9.53 Å². The molecule has 1 N–H and O–H groups in total. The molecule has 1 aromatic carbocycles. The molecule has 1 heterocycles. The fourth-order valence-corrected chi connectivity index (χ4v) is 2.50. The van der Waals surface area contributed by atoms with Crippen molar-refractivity contribution in [1.82, 2.24) is 0 Å². The lowest BCUT2D eigenvalue weighted by Gasteiger charge is -2.34. The molecular weight excluding hydrogens is 286 g/mol. The summed E-state index contributed by atoms with van der Waals surface area (Å²) in [5.41, 5.74) is 1.09. The summed E-state index contributed by atoms with van der Waals surface area (Å²) in [6.45, 7) is 1.98. The van der Waals surface area contributed by atoms with Crippen LogP contribution in [0.15, 0.2) is 28.7 Å². The molecule has 1 saturated heterocycles. The summed E-state index contributed by atoms with van der Waals surface area (Å²) in [7, 11) is 0. The van der Waals surface area contributed by atoms with Crippen LogP contribution in [-0.4, -0.2) is 36.9 Å². The molecule has 1 aliphatic rings. The van der Waals surface area contributed by atoms with Gasteiger partial charge < -0.3 is 14.7 Å². The van der Waals surface area contributed by atoms with Gasteiger partial charge in [0.15, 0.2) is 0 Å². The number of hydrogen-bond acceptors (Lipinski definition) is 3. The van der Waals surface area contributed by atoms with Gasteiger partial charge in [-0.1, -0.05) is 12.1 Å². The predicted octanol–water partition coefficient (Wildman–Crippen LogP) is 2.13. The fourth-order valence-electron chi connectivity index (χ4n) is 1.96. The van der Waals surface area contributed by atoms with Gasteiger partial charge in [0.2, 0.25) is 0 Å². The molecule has 0 bridgehead atoms. The molecule has 1 fully saturated rings. The molecule has 92 valence electrons. The van der Waals surface area contributed by atoms with Crippen molar-refractivity contribution in [3.8, 4) is 0 Å². The van der Waals surface area contributed by atoms with E-state index in [2.05, 4.69) is 20.8 Å². The molecule has 0 amide bonds. The Morgan fingerprint density at radius 3 is 3.00 bits per heavy atom. The first kappa shape index (κ1) is 12.4. The summed E-state index contributed by atoms with van der Waals surface area (Å²) < 4.78 is 6.47. The van der Waals surface area contributed by atoms with Gasteiger partial charge in [0.05, 0.1) is 24.8 Å². The number of carboxylic acid groups (broad SMARTS) is 1. The third-order valence-corrected chi connectivity index (χ3v) is 3.40. The largest absolute Gasteiger partial charge is 0.481 e. The van der Waals surface area contributed by atoms with Crippen molar-refractivity contribution in [1.29, 1.82) is 0 Å². The molecule has 0 aromatic heterocycles. The first-order chi connectivity index (χ1) is 8.16. The Morgan fingerprint density at radius 1 is 1.53 bits per heavy atom. The van der Waals surface area contributed by atoms with E-state index in [1.54, 1.807) is 0 Å². The van der Waals surface area contributed by atoms with Gasteiger partial charge in [0.1, 0.15) is 0 Å². The number of para-hydroxylation sites is 1. The van der Waals surface area contributed by atoms with E-state index in [1.807, 2.05) is 24.3 Å². The minimum Gasteiger partial charge on any atom is -0.481 e. The van der Waals surface area contributed by atoms with E-state index < -0.39 is 5.97 Å². The van der Waals surface area contributed by atoms with Crippen molar-refractivity contribution in [2.24, 2.45) is 0 Å². The average molecular weight is 300 g/mol. The van der Waals surface area contributed by atoms with Crippen LogP contribution in [0.25, 0.3) is 0 Å². The highest BCUT2D eigenvalue weighted by atomic mass is 79.9. The second-order valence-electron chi connectivity index (χ2n) is 3.99. The van der Waals surface area contributed by atoms with Gasteiger partial charge in [-0.25, -0.2) is 0 Å². The summed E-state index contributed by atoms with van der Waals surface area (Å²) in [4.78, 5) is 12.8. The summed E-state index contributed by atoms with van der Waals surface area (Å²) >= 11 is 3.50. The molecule has 1 unspecified atom stereocenters. The quantitative estimate of drug-likeness (QED) is 0.929. The zero-order valence-electron chi connectivity index (χ0n) is 9.30. The van der Waals surface area contributed by atoms with Crippen LogP contribution < -0.4 is 4.90 Å².